The second kappa shape index (κ2) is 7.57. The van der Waals surface area contributed by atoms with E-state index in [0.717, 1.165) is 39.4 Å². The molecule has 5 rings (SSSR count). The molecule has 1 aliphatic heterocycles. The number of aliphatic imine (C=N–C) groups is 1. The topological polar surface area (TPSA) is 79.2 Å². The van der Waals surface area contributed by atoms with Crippen LogP contribution < -0.4 is 10.9 Å². The molecule has 152 valence electrons. The highest BCUT2D eigenvalue weighted by atomic mass is 16.2. The number of nitrogens with one attached hydrogen (secondary N) is 2. The summed E-state index contributed by atoms with van der Waals surface area (Å²) in [6.45, 7) is 1.86. The number of carbonyl (C=O) groups excluding carboxylic acids is 1. The zero-order valence-corrected chi connectivity index (χ0v) is 16.9. The highest BCUT2D eigenvalue weighted by Gasteiger charge is 2.29. The fraction of sp³-hybridized carbons (Fsp3) is 0.0800. The van der Waals surface area contributed by atoms with Crippen molar-refractivity contribution in [1.82, 2.24) is 9.78 Å². The third-order valence-electron chi connectivity index (χ3n) is 5.43. The molecule has 4 aromatic rings. The number of aryl methyl sites for hydroxylation is 1. The van der Waals surface area contributed by atoms with Gasteiger partial charge in [0, 0.05) is 23.7 Å². The minimum atomic E-state index is -0.428. The molecule has 6 nitrogen and oxygen atoms in total. The third-order valence-corrected chi connectivity index (χ3v) is 5.43. The smallest absolute Gasteiger partial charge is 0.264 e. The molecule has 1 atom stereocenters. The Balaban J connectivity index is 1.38. The van der Waals surface area contributed by atoms with E-state index in [2.05, 4.69) is 15.4 Å². The molecule has 3 aromatic carbocycles. The minimum absolute atomic E-state index is 0.0823. The summed E-state index contributed by atoms with van der Waals surface area (Å²) in [5.74, 6) is -0.510. The number of carbonyl (C=O) groups is 1. The molecule has 0 aliphatic carbocycles. The standard InChI is InChI=1S/C25H20N4O2/c1-16-13-24(30)28-29(16)20-10-8-19(9-11-20)26-15-22-21-12-7-18(14-23(21)27-25(22)31)17-5-3-2-4-6-17/h2-15,22H,1H3,(H,27,31)(H,28,30). The average molecular weight is 408 g/mol. The number of aromatic nitrogens is 2. The lowest BCUT2D eigenvalue weighted by atomic mass is 9.98. The van der Waals surface area contributed by atoms with Crippen molar-refractivity contribution in [2.24, 2.45) is 4.99 Å². The number of amides is 1. The number of rotatable bonds is 4. The van der Waals surface area contributed by atoms with E-state index >= 15 is 0 Å². The lowest BCUT2D eigenvalue weighted by Gasteiger charge is -2.07. The van der Waals surface area contributed by atoms with E-state index in [1.807, 2.05) is 79.7 Å². The van der Waals surface area contributed by atoms with E-state index < -0.39 is 5.92 Å². The summed E-state index contributed by atoms with van der Waals surface area (Å²) in [4.78, 5) is 28.5. The van der Waals surface area contributed by atoms with Crippen molar-refractivity contribution in [3.63, 3.8) is 0 Å². The average Bonchev–Trinajstić information content (AvgIpc) is 3.29. The Kier molecular flexibility index (Phi) is 4.59. The normalized spacial score (nSPS) is 15.3. The number of H-pyrrole nitrogens is 1. The van der Waals surface area contributed by atoms with Crippen LogP contribution in [0.25, 0.3) is 16.8 Å². The van der Waals surface area contributed by atoms with Crippen LogP contribution in [0.2, 0.25) is 0 Å². The number of nitrogens with zero attached hydrogens (tertiary/aromatic N) is 2. The zero-order valence-electron chi connectivity index (χ0n) is 16.9. The minimum Gasteiger partial charge on any atom is -0.325 e. The van der Waals surface area contributed by atoms with Crippen LogP contribution >= 0.6 is 0 Å². The Hall–Kier alpha value is -4.19. The maximum atomic E-state index is 12.5. The first kappa shape index (κ1) is 18.8. The van der Waals surface area contributed by atoms with Crippen LogP contribution in [-0.4, -0.2) is 21.9 Å². The van der Waals surface area contributed by atoms with Gasteiger partial charge in [0.25, 0.3) is 5.56 Å². The predicted molar refractivity (Wildman–Crippen MR) is 123 cm³/mol. The van der Waals surface area contributed by atoms with Gasteiger partial charge in [-0.25, -0.2) is 0 Å². The molecule has 1 aliphatic rings. The Morgan fingerprint density at radius 1 is 0.903 bits per heavy atom. The highest BCUT2D eigenvalue weighted by molar-refractivity contribution is 6.13. The van der Waals surface area contributed by atoms with Crippen molar-refractivity contribution in [2.75, 3.05) is 5.32 Å². The molecule has 0 fully saturated rings. The summed E-state index contributed by atoms with van der Waals surface area (Å²) in [7, 11) is 0. The largest absolute Gasteiger partial charge is 0.325 e. The molecule has 31 heavy (non-hydrogen) atoms. The third kappa shape index (κ3) is 3.59. The van der Waals surface area contributed by atoms with Crippen molar-refractivity contribution in [1.29, 1.82) is 0 Å². The number of fused-ring (bicyclic) bond motifs is 1. The van der Waals surface area contributed by atoms with E-state index in [1.54, 1.807) is 17.0 Å². The molecule has 6 heteroatoms. The van der Waals surface area contributed by atoms with Crippen molar-refractivity contribution in [3.05, 3.63) is 100 Å². The summed E-state index contributed by atoms with van der Waals surface area (Å²) in [5.41, 5.74) is 6.18. The van der Waals surface area contributed by atoms with Crippen molar-refractivity contribution in [3.8, 4) is 16.8 Å². The van der Waals surface area contributed by atoms with Gasteiger partial charge in [-0.15, -0.1) is 0 Å². The Bertz CT molecular complexity index is 1350. The van der Waals surface area contributed by atoms with Gasteiger partial charge in [-0.05, 0) is 53.9 Å². The van der Waals surface area contributed by atoms with E-state index in [1.165, 1.54) is 0 Å². The molecule has 2 heterocycles. The van der Waals surface area contributed by atoms with Gasteiger partial charge in [-0.2, -0.15) is 0 Å². The quantitative estimate of drug-likeness (QED) is 0.485. The van der Waals surface area contributed by atoms with Gasteiger partial charge in [0.15, 0.2) is 0 Å². The molecule has 0 saturated carbocycles. The number of hydrogen-bond donors (Lipinski definition) is 2. The van der Waals surface area contributed by atoms with Gasteiger partial charge in [-0.1, -0.05) is 42.5 Å². The zero-order chi connectivity index (χ0) is 21.4. The maximum Gasteiger partial charge on any atom is 0.264 e. The van der Waals surface area contributed by atoms with Crippen LogP contribution in [-0.2, 0) is 4.79 Å². The number of anilines is 1. The lowest BCUT2D eigenvalue weighted by Crippen LogP contribution is -2.12. The molecular weight excluding hydrogens is 388 g/mol. The first-order valence-electron chi connectivity index (χ1n) is 10.0. The van der Waals surface area contributed by atoms with Crippen molar-refractivity contribution < 1.29 is 4.79 Å². The molecule has 0 saturated heterocycles. The van der Waals surface area contributed by atoms with Crippen LogP contribution in [0, 0.1) is 6.92 Å². The lowest BCUT2D eigenvalue weighted by molar-refractivity contribution is -0.115. The predicted octanol–water partition coefficient (Wildman–Crippen LogP) is 4.58. The molecule has 2 N–H and O–H groups in total. The summed E-state index contributed by atoms with van der Waals surface area (Å²) in [6, 6.07) is 25.1. The monoisotopic (exact) mass is 408 g/mol. The Morgan fingerprint density at radius 2 is 1.68 bits per heavy atom. The molecule has 1 amide bonds. The van der Waals surface area contributed by atoms with Gasteiger partial charge < -0.3 is 5.32 Å². The fourth-order valence-corrected chi connectivity index (χ4v) is 3.85. The Labute approximate surface area is 178 Å². The summed E-state index contributed by atoms with van der Waals surface area (Å²) >= 11 is 0. The first-order valence-corrected chi connectivity index (χ1v) is 10.0. The van der Waals surface area contributed by atoms with Crippen LogP contribution in [0.1, 0.15) is 17.2 Å². The number of benzene rings is 3. The summed E-state index contributed by atoms with van der Waals surface area (Å²) in [5, 5.41) is 5.73. The molecular formula is C25H20N4O2. The van der Waals surface area contributed by atoms with Crippen LogP contribution in [0.3, 0.4) is 0 Å². The van der Waals surface area contributed by atoms with Gasteiger partial charge in [-0.3, -0.25) is 24.4 Å². The SMILES string of the molecule is Cc1cc(=O)[nH]n1-c1ccc(N=CC2C(=O)Nc3cc(-c4ccccc4)ccc32)cc1. The molecule has 1 aromatic heterocycles. The van der Waals surface area contributed by atoms with Gasteiger partial charge in [0.2, 0.25) is 5.91 Å². The first-order chi connectivity index (χ1) is 15.1. The number of hydrogen-bond acceptors (Lipinski definition) is 3. The second-order valence-corrected chi connectivity index (χ2v) is 7.53. The van der Waals surface area contributed by atoms with Crippen molar-refractivity contribution >= 4 is 23.5 Å². The van der Waals surface area contributed by atoms with E-state index in [4.69, 9.17) is 0 Å². The van der Waals surface area contributed by atoms with Crippen molar-refractivity contribution in [2.45, 2.75) is 12.8 Å². The summed E-state index contributed by atoms with van der Waals surface area (Å²) < 4.78 is 1.72. The molecule has 0 radical (unpaired) electrons. The second-order valence-electron chi connectivity index (χ2n) is 7.53. The number of aromatic amines is 1. The van der Waals surface area contributed by atoms with Crippen LogP contribution in [0.5, 0.6) is 0 Å². The molecule has 0 bridgehead atoms. The molecule has 0 spiro atoms. The van der Waals surface area contributed by atoms with E-state index in [-0.39, 0.29) is 11.5 Å². The summed E-state index contributed by atoms with van der Waals surface area (Å²) in [6.07, 6.45) is 1.68. The van der Waals surface area contributed by atoms with Gasteiger partial charge in [0.1, 0.15) is 5.92 Å². The fourth-order valence-electron chi connectivity index (χ4n) is 3.85. The van der Waals surface area contributed by atoms with E-state index in [9.17, 15) is 9.59 Å². The Morgan fingerprint density at radius 3 is 2.39 bits per heavy atom. The van der Waals surface area contributed by atoms with Gasteiger partial charge >= 0.3 is 0 Å². The maximum absolute atomic E-state index is 12.5. The van der Waals surface area contributed by atoms with Gasteiger partial charge in [0.05, 0.1) is 11.4 Å². The van der Waals surface area contributed by atoms with Crippen LogP contribution in [0.4, 0.5) is 11.4 Å². The highest BCUT2D eigenvalue weighted by Crippen LogP contribution is 2.35. The van der Waals surface area contributed by atoms with E-state index in [0.29, 0.717) is 0 Å². The van der Waals surface area contributed by atoms with Crippen LogP contribution in [0.15, 0.2) is 88.6 Å². The molecule has 1 unspecified atom stereocenters.